The molecule has 2 aliphatic rings. The molecule has 126 valence electrons. The van der Waals surface area contributed by atoms with Crippen LogP contribution in [0, 0.1) is 0 Å². The standard InChI is InChI=1S/C19H28O3Si/c1-14-13-17-16(11-8-12-18(17)20-2)19(14)23(21-3,22-4)15-9-6-5-7-10-15/h8,11-13,15,19H,5-7,9-10H2,1-4H3. The molecule has 1 aromatic rings. The van der Waals surface area contributed by atoms with E-state index in [1.165, 1.54) is 48.8 Å². The molecule has 3 rings (SSSR count). The molecule has 0 heterocycles. The van der Waals surface area contributed by atoms with Gasteiger partial charge in [0, 0.05) is 30.9 Å². The first-order valence-corrected chi connectivity index (χ1v) is 10.6. The maximum absolute atomic E-state index is 6.25. The largest absolute Gasteiger partial charge is 0.496 e. The second-order valence-electron chi connectivity index (χ2n) is 6.75. The van der Waals surface area contributed by atoms with Crippen LogP contribution >= 0.6 is 0 Å². The molecule has 0 aromatic heterocycles. The number of benzene rings is 1. The lowest BCUT2D eigenvalue weighted by molar-refractivity contribution is 0.209. The van der Waals surface area contributed by atoms with Gasteiger partial charge in [-0.05, 0) is 31.4 Å². The number of methoxy groups -OCH3 is 1. The summed E-state index contributed by atoms with van der Waals surface area (Å²) >= 11 is 0. The minimum absolute atomic E-state index is 0.269. The van der Waals surface area contributed by atoms with Gasteiger partial charge in [0.05, 0.1) is 7.11 Å². The third-order valence-corrected chi connectivity index (χ3v) is 10.2. The molecule has 0 saturated heterocycles. The van der Waals surface area contributed by atoms with Crippen molar-refractivity contribution >= 4 is 14.6 Å². The van der Waals surface area contributed by atoms with Crippen molar-refractivity contribution in [1.82, 2.24) is 0 Å². The average Bonchev–Trinajstić information content (AvgIpc) is 2.94. The molecule has 0 N–H and O–H groups in total. The van der Waals surface area contributed by atoms with E-state index in [-0.39, 0.29) is 5.54 Å². The summed E-state index contributed by atoms with van der Waals surface area (Å²) in [5, 5.41) is 0. The summed E-state index contributed by atoms with van der Waals surface area (Å²) in [6.07, 6.45) is 8.67. The first-order chi connectivity index (χ1) is 11.2. The minimum Gasteiger partial charge on any atom is -0.496 e. The van der Waals surface area contributed by atoms with Gasteiger partial charge < -0.3 is 13.6 Å². The molecule has 2 aliphatic carbocycles. The van der Waals surface area contributed by atoms with Crippen molar-refractivity contribution in [3.05, 3.63) is 34.9 Å². The van der Waals surface area contributed by atoms with Crippen LogP contribution in [0.2, 0.25) is 5.54 Å². The van der Waals surface area contributed by atoms with Crippen LogP contribution in [-0.2, 0) is 8.85 Å². The van der Waals surface area contributed by atoms with Crippen molar-refractivity contribution in [1.29, 1.82) is 0 Å². The Balaban J connectivity index is 2.07. The first-order valence-electron chi connectivity index (χ1n) is 8.63. The third-order valence-electron chi connectivity index (χ3n) is 5.67. The maximum Gasteiger partial charge on any atom is 0.352 e. The van der Waals surface area contributed by atoms with Crippen LogP contribution in [0.5, 0.6) is 5.75 Å². The lowest BCUT2D eigenvalue weighted by Crippen LogP contribution is -2.51. The van der Waals surface area contributed by atoms with Gasteiger partial charge in [-0.3, -0.25) is 0 Å². The van der Waals surface area contributed by atoms with Crippen LogP contribution in [0.1, 0.15) is 55.7 Å². The Morgan fingerprint density at radius 2 is 1.70 bits per heavy atom. The van der Waals surface area contributed by atoms with Gasteiger partial charge in [0.1, 0.15) is 5.75 Å². The van der Waals surface area contributed by atoms with Crippen molar-refractivity contribution in [3.8, 4) is 5.75 Å². The van der Waals surface area contributed by atoms with Crippen molar-refractivity contribution in [3.63, 3.8) is 0 Å². The van der Waals surface area contributed by atoms with Crippen molar-refractivity contribution in [2.24, 2.45) is 0 Å². The molecule has 0 amide bonds. The predicted molar refractivity (Wildman–Crippen MR) is 96.0 cm³/mol. The summed E-state index contributed by atoms with van der Waals surface area (Å²) < 4.78 is 18.1. The van der Waals surface area contributed by atoms with Gasteiger partial charge in [0.2, 0.25) is 0 Å². The van der Waals surface area contributed by atoms with Gasteiger partial charge in [-0.15, -0.1) is 0 Å². The zero-order valence-corrected chi connectivity index (χ0v) is 15.7. The Morgan fingerprint density at radius 1 is 1.00 bits per heavy atom. The van der Waals surface area contributed by atoms with Crippen molar-refractivity contribution < 1.29 is 13.6 Å². The molecule has 23 heavy (non-hydrogen) atoms. The molecule has 1 saturated carbocycles. The molecule has 1 fully saturated rings. The van der Waals surface area contributed by atoms with Crippen LogP contribution in [0.25, 0.3) is 6.08 Å². The summed E-state index contributed by atoms with van der Waals surface area (Å²) in [4.78, 5) is 0. The molecule has 0 spiro atoms. The molecule has 0 aliphatic heterocycles. The summed E-state index contributed by atoms with van der Waals surface area (Å²) in [5.74, 6) is 0.947. The monoisotopic (exact) mass is 332 g/mol. The highest BCUT2D eigenvalue weighted by Gasteiger charge is 2.54. The normalized spacial score (nSPS) is 21.9. The number of allylic oxidation sites excluding steroid dienone is 1. The summed E-state index contributed by atoms with van der Waals surface area (Å²) in [7, 11) is 3.07. The lowest BCUT2D eigenvalue weighted by Gasteiger charge is -2.42. The topological polar surface area (TPSA) is 27.7 Å². The molecule has 4 heteroatoms. The van der Waals surface area contributed by atoms with Crippen LogP contribution in [0.4, 0.5) is 0 Å². The summed E-state index contributed by atoms with van der Waals surface area (Å²) in [6, 6.07) is 6.34. The highest BCUT2D eigenvalue weighted by atomic mass is 28.4. The van der Waals surface area contributed by atoms with Gasteiger partial charge in [-0.2, -0.15) is 0 Å². The minimum atomic E-state index is -2.38. The number of hydrogen-bond donors (Lipinski definition) is 0. The Labute approximate surface area is 140 Å². The first kappa shape index (κ1) is 16.7. The van der Waals surface area contributed by atoms with Gasteiger partial charge in [0.25, 0.3) is 0 Å². The Kier molecular flexibility index (Phi) is 4.95. The highest BCUT2D eigenvalue weighted by molar-refractivity contribution is 6.71. The Bertz CT molecular complexity index is 586. The fraction of sp³-hybridized carbons (Fsp3) is 0.579. The lowest BCUT2D eigenvalue weighted by atomic mass is 10.0. The molecule has 0 bridgehead atoms. The zero-order chi connectivity index (χ0) is 16.4. The van der Waals surface area contributed by atoms with E-state index in [0.717, 1.165) is 5.75 Å². The second kappa shape index (κ2) is 6.79. The van der Waals surface area contributed by atoms with Crippen molar-refractivity contribution in [2.75, 3.05) is 21.3 Å². The summed E-state index contributed by atoms with van der Waals surface area (Å²) in [5.41, 5.74) is 4.72. The molecular formula is C19H28O3Si. The van der Waals surface area contributed by atoms with Crippen LogP contribution in [-0.4, -0.2) is 29.9 Å². The van der Waals surface area contributed by atoms with E-state index in [1.807, 2.05) is 20.3 Å². The molecule has 1 unspecified atom stereocenters. The van der Waals surface area contributed by atoms with Crippen molar-refractivity contribution in [2.45, 2.75) is 50.1 Å². The summed E-state index contributed by atoms with van der Waals surface area (Å²) in [6.45, 7) is 2.22. The smallest absolute Gasteiger partial charge is 0.352 e. The fourth-order valence-electron chi connectivity index (χ4n) is 4.63. The highest BCUT2D eigenvalue weighted by Crippen LogP contribution is 2.52. The number of fused-ring (bicyclic) bond motifs is 1. The van der Waals surface area contributed by atoms with E-state index < -0.39 is 8.56 Å². The molecule has 3 nitrogen and oxygen atoms in total. The number of ether oxygens (including phenoxy) is 1. The van der Waals surface area contributed by atoms with Gasteiger partial charge in [-0.25, -0.2) is 0 Å². The van der Waals surface area contributed by atoms with Gasteiger partial charge in [-0.1, -0.05) is 43.0 Å². The third kappa shape index (κ3) is 2.67. The molecule has 1 aromatic carbocycles. The SMILES string of the molecule is COc1cccc2c1C=C(C)C2[Si](OC)(OC)C1CCCCC1. The van der Waals surface area contributed by atoms with E-state index in [2.05, 4.69) is 25.1 Å². The van der Waals surface area contributed by atoms with Crippen LogP contribution in [0.3, 0.4) is 0 Å². The fourth-order valence-corrected chi connectivity index (χ4v) is 9.02. The predicted octanol–water partition coefficient (Wildman–Crippen LogP) is 4.80. The van der Waals surface area contributed by atoms with Gasteiger partial charge >= 0.3 is 8.56 Å². The number of rotatable bonds is 5. The number of hydrogen-bond acceptors (Lipinski definition) is 3. The average molecular weight is 333 g/mol. The second-order valence-corrected chi connectivity index (χ2v) is 10.4. The maximum atomic E-state index is 6.25. The van der Waals surface area contributed by atoms with E-state index in [9.17, 15) is 0 Å². The zero-order valence-electron chi connectivity index (χ0n) is 14.7. The quantitative estimate of drug-likeness (QED) is 0.725. The molecular weight excluding hydrogens is 304 g/mol. The van der Waals surface area contributed by atoms with Crippen LogP contribution < -0.4 is 4.74 Å². The van der Waals surface area contributed by atoms with Gasteiger partial charge in [0.15, 0.2) is 0 Å². The van der Waals surface area contributed by atoms with E-state index in [1.54, 1.807) is 7.11 Å². The van der Waals surface area contributed by atoms with E-state index in [0.29, 0.717) is 5.54 Å². The van der Waals surface area contributed by atoms with Crippen LogP contribution in [0.15, 0.2) is 23.8 Å². The van der Waals surface area contributed by atoms with E-state index in [4.69, 9.17) is 13.6 Å². The van der Waals surface area contributed by atoms with E-state index >= 15 is 0 Å². The Morgan fingerprint density at radius 3 is 2.30 bits per heavy atom. The molecule has 0 radical (unpaired) electrons. The molecule has 1 atom stereocenters. The Hall–Kier alpha value is -1.10.